The maximum atomic E-state index is 13.6. The number of halogens is 3. The third-order valence-corrected chi connectivity index (χ3v) is 3.98. The largest absolute Gasteiger partial charge is 0.313 e. The molecule has 108 valence electrons. The van der Waals surface area contributed by atoms with Crippen molar-refractivity contribution in [1.82, 2.24) is 20.1 Å². The number of hydrogen-bond acceptors (Lipinski definition) is 3. The van der Waals surface area contributed by atoms with E-state index in [1.165, 1.54) is 6.33 Å². The van der Waals surface area contributed by atoms with E-state index >= 15 is 0 Å². The Balaban J connectivity index is 2.31. The van der Waals surface area contributed by atoms with Crippen LogP contribution < -0.4 is 5.32 Å². The van der Waals surface area contributed by atoms with E-state index in [4.69, 9.17) is 0 Å². The van der Waals surface area contributed by atoms with Crippen molar-refractivity contribution >= 4 is 15.9 Å². The molecule has 1 aromatic carbocycles. The molecule has 20 heavy (non-hydrogen) atoms. The fourth-order valence-electron chi connectivity index (χ4n) is 2.07. The molecule has 0 saturated carbocycles. The van der Waals surface area contributed by atoms with Crippen LogP contribution in [-0.2, 0) is 13.0 Å². The number of nitrogens with zero attached hydrogens (tertiary/aromatic N) is 3. The summed E-state index contributed by atoms with van der Waals surface area (Å²) in [5.41, 5.74) is 0.650. The quantitative estimate of drug-likeness (QED) is 0.848. The topological polar surface area (TPSA) is 42.7 Å². The third-order valence-electron chi connectivity index (χ3n) is 3.17. The molecule has 1 heterocycles. The predicted octanol–water partition coefficient (Wildman–Crippen LogP) is 2.84. The van der Waals surface area contributed by atoms with Crippen LogP contribution in [0, 0.1) is 11.6 Å². The van der Waals surface area contributed by atoms with Crippen molar-refractivity contribution < 1.29 is 8.78 Å². The van der Waals surface area contributed by atoms with Crippen molar-refractivity contribution in [3.63, 3.8) is 0 Å². The summed E-state index contributed by atoms with van der Waals surface area (Å²) in [6.45, 7) is 2.69. The SMILES string of the molecule is CCn1ncnc1CC(NC)c1ccc(F)c(F)c1Br. The lowest BCUT2D eigenvalue weighted by atomic mass is 10.0. The number of benzene rings is 1. The molecule has 0 fully saturated rings. The highest BCUT2D eigenvalue weighted by Gasteiger charge is 2.20. The van der Waals surface area contributed by atoms with Gasteiger partial charge < -0.3 is 5.32 Å². The molecule has 0 aliphatic rings. The highest BCUT2D eigenvalue weighted by molar-refractivity contribution is 9.10. The highest BCUT2D eigenvalue weighted by Crippen LogP contribution is 2.29. The van der Waals surface area contributed by atoms with Crippen molar-refractivity contribution in [3.05, 3.63) is 46.0 Å². The average molecular weight is 345 g/mol. The van der Waals surface area contributed by atoms with Crippen molar-refractivity contribution in [3.8, 4) is 0 Å². The Bertz CT molecular complexity index is 600. The highest BCUT2D eigenvalue weighted by atomic mass is 79.9. The lowest BCUT2D eigenvalue weighted by molar-refractivity contribution is 0.490. The minimum Gasteiger partial charge on any atom is -0.313 e. The molecular weight excluding hydrogens is 330 g/mol. The molecule has 0 amide bonds. The lowest BCUT2D eigenvalue weighted by Gasteiger charge is -2.18. The molecule has 0 radical (unpaired) electrons. The van der Waals surface area contributed by atoms with E-state index in [9.17, 15) is 8.78 Å². The zero-order valence-corrected chi connectivity index (χ0v) is 12.8. The Kier molecular flexibility index (Phi) is 4.82. The zero-order chi connectivity index (χ0) is 14.7. The van der Waals surface area contributed by atoms with Gasteiger partial charge in [-0.2, -0.15) is 5.10 Å². The number of aromatic nitrogens is 3. The van der Waals surface area contributed by atoms with E-state index in [2.05, 4.69) is 31.3 Å². The van der Waals surface area contributed by atoms with Crippen LogP contribution in [0.1, 0.15) is 24.4 Å². The molecular formula is C13H15BrF2N4. The molecule has 0 spiro atoms. The minimum atomic E-state index is -0.875. The summed E-state index contributed by atoms with van der Waals surface area (Å²) in [6, 6.07) is 2.51. The normalized spacial score (nSPS) is 12.7. The van der Waals surface area contributed by atoms with Crippen molar-refractivity contribution in [1.29, 1.82) is 0 Å². The van der Waals surface area contributed by atoms with Crippen LogP contribution in [-0.4, -0.2) is 21.8 Å². The summed E-state index contributed by atoms with van der Waals surface area (Å²) in [6.07, 6.45) is 2.03. The summed E-state index contributed by atoms with van der Waals surface area (Å²) in [4.78, 5) is 4.20. The first-order valence-electron chi connectivity index (χ1n) is 6.25. The first-order chi connectivity index (χ1) is 9.58. The standard InChI is InChI=1S/C13H15BrF2N4/c1-3-20-11(18-7-19-20)6-10(17-2)8-4-5-9(15)13(16)12(8)14/h4-5,7,10,17H,3,6H2,1-2H3. The second kappa shape index (κ2) is 6.41. The number of nitrogens with one attached hydrogen (secondary N) is 1. The molecule has 7 heteroatoms. The van der Waals surface area contributed by atoms with Crippen molar-refractivity contribution in [2.45, 2.75) is 25.9 Å². The van der Waals surface area contributed by atoms with E-state index in [0.29, 0.717) is 18.5 Å². The van der Waals surface area contributed by atoms with E-state index < -0.39 is 11.6 Å². The van der Waals surface area contributed by atoms with Crippen LogP contribution in [0.4, 0.5) is 8.78 Å². The molecule has 1 aromatic heterocycles. The van der Waals surface area contributed by atoms with E-state index in [-0.39, 0.29) is 10.5 Å². The van der Waals surface area contributed by atoms with Gasteiger partial charge in [-0.25, -0.2) is 13.8 Å². The van der Waals surface area contributed by atoms with Crippen LogP contribution in [0.3, 0.4) is 0 Å². The summed E-state index contributed by atoms with van der Waals surface area (Å²) in [5.74, 6) is -0.949. The molecule has 2 aromatic rings. The number of aryl methyl sites for hydroxylation is 1. The summed E-state index contributed by atoms with van der Waals surface area (Å²) in [5, 5.41) is 7.20. The van der Waals surface area contributed by atoms with Gasteiger partial charge in [0, 0.05) is 19.0 Å². The van der Waals surface area contributed by atoms with Gasteiger partial charge in [0.1, 0.15) is 12.2 Å². The Morgan fingerprint density at radius 2 is 2.15 bits per heavy atom. The second-order valence-corrected chi connectivity index (χ2v) is 5.09. The van der Waals surface area contributed by atoms with Gasteiger partial charge in [0.05, 0.1) is 4.47 Å². The molecule has 0 aliphatic heterocycles. The van der Waals surface area contributed by atoms with Crippen LogP contribution in [0.15, 0.2) is 22.9 Å². The van der Waals surface area contributed by atoms with Crippen molar-refractivity contribution in [2.75, 3.05) is 7.05 Å². The van der Waals surface area contributed by atoms with Gasteiger partial charge in [-0.3, -0.25) is 4.68 Å². The Hall–Kier alpha value is -1.34. The van der Waals surface area contributed by atoms with Gasteiger partial charge in [0.25, 0.3) is 0 Å². The minimum absolute atomic E-state index is 0.138. The van der Waals surface area contributed by atoms with Crippen LogP contribution in [0.5, 0.6) is 0 Å². The van der Waals surface area contributed by atoms with Gasteiger partial charge in [0.15, 0.2) is 11.6 Å². The van der Waals surface area contributed by atoms with Crippen LogP contribution in [0.25, 0.3) is 0 Å². The van der Waals surface area contributed by atoms with Gasteiger partial charge in [-0.05, 0) is 41.5 Å². The maximum absolute atomic E-state index is 13.6. The van der Waals surface area contributed by atoms with Crippen molar-refractivity contribution in [2.24, 2.45) is 0 Å². The Morgan fingerprint density at radius 3 is 2.80 bits per heavy atom. The molecule has 1 unspecified atom stereocenters. The zero-order valence-electron chi connectivity index (χ0n) is 11.2. The van der Waals surface area contributed by atoms with E-state index in [1.54, 1.807) is 17.8 Å². The summed E-state index contributed by atoms with van der Waals surface area (Å²) < 4.78 is 28.7. The van der Waals surface area contributed by atoms with E-state index in [0.717, 1.165) is 11.9 Å². The fourth-order valence-corrected chi connectivity index (χ4v) is 2.67. The van der Waals surface area contributed by atoms with Crippen LogP contribution in [0.2, 0.25) is 0 Å². The Labute approximate surface area is 124 Å². The van der Waals surface area contributed by atoms with Gasteiger partial charge in [-0.15, -0.1) is 0 Å². The van der Waals surface area contributed by atoms with Gasteiger partial charge in [0.2, 0.25) is 0 Å². The monoisotopic (exact) mass is 344 g/mol. The lowest BCUT2D eigenvalue weighted by Crippen LogP contribution is -2.22. The molecule has 4 nitrogen and oxygen atoms in total. The number of rotatable bonds is 5. The number of hydrogen-bond donors (Lipinski definition) is 1. The molecule has 1 atom stereocenters. The molecule has 2 rings (SSSR count). The molecule has 1 N–H and O–H groups in total. The van der Waals surface area contributed by atoms with Gasteiger partial charge >= 0.3 is 0 Å². The predicted molar refractivity (Wildman–Crippen MR) is 75.3 cm³/mol. The van der Waals surface area contributed by atoms with E-state index in [1.807, 2.05) is 6.92 Å². The van der Waals surface area contributed by atoms with Gasteiger partial charge in [-0.1, -0.05) is 6.07 Å². The molecule has 0 bridgehead atoms. The first-order valence-corrected chi connectivity index (χ1v) is 7.05. The third kappa shape index (κ3) is 2.88. The van der Waals surface area contributed by atoms with Crippen LogP contribution >= 0.6 is 15.9 Å². The fraction of sp³-hybridized carbons (Fsp3) is 0.385. The molecule has 0 saturated heterocycles. The number of likely N-dealkylation sites (N-methyl/N-ethyl adjacent to an activating group) is 1. The first kappa shape index (κ1) is 15.1. The summed E-state index contributed by atoms with van der Waals surface area (Å²) in [7, 11) is 1.77. The Morgan fingerprint density at radius 1 is 1.40 bits per heavy atom. The average Bonchev–Trinajstić information content (AvgIpc) is 2.90. The maximum Gasteiger partial charge on any atom is 0.173 e. The molecule has 0 aliphatic carbocycles. The smallest absolute Gasteiger partial charge is 0.173 e. The second-order valence-electron chi connectivity index (χ2n) is 4.30. The summed E-state index contributed by atoms with van der Waals surface area (Å²) >= 11 is 3.11.